The lowest BCUT2D eigenvalue weighted by molar-refractivity contribution is 0.0595. The van der Waals surface area contributed by atoms with Crippen LogP contribution in [0.2, 0.25) is 0 Å². The topological polar surface area (TPSA) is 168 Å². The molecule has 0 radical (unpaired) electrons. The van der Waals surface area contributed by atoms with Gasteiger partial charge in [-0.2, -0.15) is 0 Å². The van der Waals surface area contributed by atoms with Crippen LogP contribution >= 0.6 is 0 Å². The Balaban J connectivity index is 2.22. The molecule has 10 nitrogen and oxygen atoms in total. The number of carbonyl (C=O) groups excluding carboxylic acids is 2. The molecule has 0 spiro atoms. The van der Waals surface area contributed by atoms with Gasteiger partial charge in [-0.05, 0) is 36.4 Å². The van der Waals surface area contributed by atoms with Crippen LogP contribution in [0.1, 0.15) is 41.4 Å². The number of methoxy groups -OCH3 is 1. The molecule has 1 amide bonds. The summed E-state index contributed by atoms with van der Waals surface area (Å²) in [7, 11) is 1.13. The van der Waals surface area contributed by atoms with Gasteiger partial charge in [-0.25, -0.2) is 14.4 Å². The highest BCUT2D eigenvalue weighted by molar-refractivity contribution is 6.08. The molecule has 0 fully saturated rings. The Morgan fingerprint density at radius 2 is 1.12 bits per heavy atom. The molecule has 10 heteroatoms. The quantitative estimate of drug-likeness (QED) is 0.323. The molecule has 0 saturated carbocycles. The number of anilines is 4. The molecule has 0 saturated heterocycles. The first-order chi connectivity index (χ1) is 15.7. The number of benzene rings is 3. The molecule has 0 aliphatic heterocycles. The number of rotatable bonds is 8. The Kier molecular flexibility index (Phi) is 6.58. The summed E-state index contributed by atoms with van der Waals surface area (Å²) in [6.45, 7) is 0. The number of nitrogens with two attached hydrogens (primary N) is 1. The van der Waals surface area contributed by atoms with Gasteiger partial charge in [-0.3, -0.25) is 4.79 Å². The number of amides is 1. The molecule has 0 heterocycles. The number of hydrogen-bond acceptors (Lipinski definition) is 7. The van der Waals surface area contributed by atoms with E-state index in [0.717, 1.165) is 7.11 Å². The monoisotopic (exact) mass is 449 g/mol. The van der Waals surface area contributed by atoms with E-state index in [1.165, 1.54) is 36.4 Å². The molecular weight excluding hydrogens is 430 g/mol. The third-order valence-corrected chi connectivity index (χ3v) is 4.68. The van der Waals surface area contributed by atoms with E-state index in [-0.39, 0.29) is 45.0 Å². The van der Waals surface area contributed by atoms with Crippen LogP contribution < -0.4 is 16.4 Å². The third kappa shape index (κ3) is 4.90. The number of para-hydroxylation sites is 2. The highest BCUT2D eigenvalue weighted by Gasteiger charge is 2.22. The Hall–Kier alpha value is -4.86. The average molecular weight is 449 g/mol. The lowest BCUT2D eigenvalue weighted by Gasteiger charge is -2.19. The Morgan fingerprint density at radius 3 is 1.52 bits per heavy atom. The van der Waals surface area contributed by atoms with Gasteiger partial charge < -0.3 is 31.3 Å². The van der Waals surface area contributed by atoms with E-state index in [4.69, 9.17) is 10.5 Å². The second-order valence-corrected chi connectivity index (χ2v) is 6.75. The van der Waals surface area contributed by atoms with E-state index in [1.807, 2.05) is 0 Å². The Morgan fingerprint density at radius 1 is 0.697 bits per heavy atom. The predicted octanol–water partition coefficient (Wildman–Crippen LogP) is 3.46. The highest BCUT2D eigenvalue weighted by Crippen LogP contribution is 2.34. The molecule has 33 heavy (non-hydrogen) atoms. The van der Waals surface area contributed by atoms with Crippen LogP contribution in [0.4, 0.5) is 22.7 Å². The van der Waals surface area contributed by atoms with Crippen LogP contribution in [0.3, 0.4) is 0 Å². The summed E-state index contributed by atoms with van der Waals surface area (Å²) < 4.78 is 4.74. The molecule has 0 bridgehead atoms. The Labute approximate surface area is 187 Å². The Bertz CT molecular complexity index is 1270. The largest absolute Gasteiger partial charge is 0.478 e. The van der Waals surface area contributed by atoms with Gasteiger partial charge in [-0.1, -0.05) is 24.3 Å². The maximum atomic E-state index is 12.3. The van der Waals surface area contributed by atoms with Crippen molar-refractivity contribution < 1.29 is 34.1 Å². The summed E-state index contributed by atoms with van der Waals surface area (Å²) in [6, 6.07) is 14.6. The van der Waals surface area contributed by atoms with Gasteiger partial charge in [0, 0.05) is 0 Å². The molecule has 0 aliphatic rings. The van der Waals surface area contributed by atoms with Crippen LogP contribution in [-0.2, 0) is 4.74 Å². The first-order valence-corrected chi connectivity index (χ1v) is 9.47. The van der Waals surface area contributed by atoms with Crippen molar-refractivity contribution in [1.29, 1.82) is 0 Å². The van der Waals surface area contributed by atoms with E-state index in [0.29, 0.717) is 0 Å². The van der Waals surface area contributed by atoms with E-state index in [9.17, 15) is 29.4 Å². The van der Waals surface area contributed by atoms with Crippen molar-refractivity contribution in [1.82, 2.24) is 0 Å². The van der Waals surface area contributed by atoms with Crippen molar-refractivity contribution in [3.63, 3.8) is 0 Å². The standard InChI is InChI=1S/C23H19N3O7/c1-33-23(32)15-11-19(26-17-9-5-3-7-13(17)22(30)31)18(10-14(15)20(24)27)25-16-8-4-2-6-12(16)21(28)29/h2-11,25-26H,1H3,(H2,24,27)(H,28,29)(H,30,31). The van der Waals surface area contributed by atoms with Crippen molar-refractivity contribution in [2.45, 2.75) is 0 Å². The normalized spacial score (nSPS) is 10.2. The summed E-state index contributed by atoms with van der Waals surface area (Å²) in [5.74, 6) is -4.13. The maximum absolute atomic E-state index is 12.3. The summed E-state index contributed by atoms with van der Waals surface area (Å²) in [5.41, 5.74) is 5.76. The molecule has 0 atom stereocenters. The first kappa shape index (κ1) is 22.8. The fourth-order valence-corrected chi connectivity index (χ4v) is 3.14. The molecule has 168 valence electrons. The van der Waals surface area contributed by atoms with E-state index >= 15 is 0 Å². The number of ether oxygens (including phenoxy) is 1. The van der Waals surface area contributed by atoms with Gasteiger partial charge >= 0.3 is 17.9 Å². The molecular formula is C23H19N3O7. The van der Waals surface area contributed by atoms with Crippen molar-refractivity contribution in [3.8, 4) is 0 Å². The molecule has 3 aromatic rings. The predicted molar refractivity (Wildman–Crippen MR) is 120 cm³/mol. The summed E-state index contributed by atoms with van der Waals surface area (Å²) >= 11 is 0. The van der Waals surface area contributed by atoms with Gasteiger partial charge in [0.05, 0.1) is 52.1 Å². The molecule has 0 aliphatic carbocycles. The van der Waals surface area contributed by atoms with Gasteiger partial charge in [0.25, 0.3) is 0 Å². The second kappa shape index (κ2) is 9.52. The minimum atomic E-state index is -1.19. The summed E-state index contributed by atoms with van der Waals surface area (Å²) in [5, 5.41) is 24.8. The molecule has 0 aromatic heterocycles. The number of carbonyl (C=O) groups is 4. The second-order valence-electron chi connectivity index (χ2n) is 6.75. The zero-order valence-corrected chi connectivity index (χ0v) is 17.3. The summed E-state index contributed by atoms with van der Waals surface area (Å²) in [4.78, 5) is 47.5. The number of carboxylic acids is 2. The fraction of sp³-hybridized carbons (Fsp3) is 0.0435. The molecule has 6 N–H and O–H groups in total. The van der Waals surface area contributed by atoms with Crippen molar-refractivity contribution >= 4 is 46.6 Å². The number of primary amides is 1. The lowest BCUT2D eigenvalue weighted by atomic mass is 10.0. The molecule has 3 rings (SSSR count). The van der Waals surface area contributed by atoms with Crippen LogP contribution in [0.15, 0.2) is 60.7 Å². The van der Waals surface area contributed by atoms with Crippen molar-refractivity contribution in [2.24, 2.45) is 5.73 Å². The SMILES string of the molecule is COC(=O)c1cc(Nc2ccccc2C(=O)O)c(Nc2ccccc2C(=O)O)cc1C(N)=O. The zero-order chi connectivity index (χ0) is 24.1. The number of hydrogen-bond donors (Lipinski definition) is 5. The van der Waals surface area contributed by atoms with Crippen molar-refractivity contribution in [2.75, 3.05) is 17.7 Å². The number of aromatic carboxylic acids is 2. The maximum Gasteiger partial charge on any atom is 0.338 e. The summed E-state index contributed by atoms with van der Waals surface area (Å²) in [6.07, 6.45) is 0. The van der Waals surface area contributed by atoms with E-state index in [1.54, 1.807) is 24.3 Å². The zero-order valence-electron chi connectivity index (χ0n) is 17.3. The van der Waals surface area contributed by atoms with Crippen LogP contribution in [0.25, 0.3) is 0 Å². The highest BCUT2D eigenvalue weighted by atomic mass is 16.5. The van der Waals surface area contributed by atoms with Gasteiger partial charge in [0.2, 0.25) is 5.91 Å². The van der Waals surface area contributed by atoms with Crippen molar-refractivity contribution in [3.05, 3.63) is 82.9 Å². The third-order valence-electron chi connectivity index (χ3n) is 4.68. The fourth-order valence-electron chi connectivity index (χ4n) is 3.14. The average Bonchev–Trinajstić information content (AvgIpc) is 2.79. The number of carboxylic acid groups (broad SMARTS) is 2. The minimum absolute atomic E-state index is 0.0482. The number of esters is 1. The van der Waals surface area contributed by atoms with Gasteiger partial charge in [0.1, 0.15) is 0 Å². The lowest BCUT2D eigenvalue weighted by Crippen LogP contribution is -2.18. The van der Waals surface area contributed by atoms with Crippen LogP contribution in [0.5, 0.6) is 0 Å². The van der Waals surface area contributed by atoms with E-state index < -0.39 is 23.8 Å². The van der Waals surface area contributed by atoms with Gasteiger partial charge in [-0.15, -0.1) is 0 Å². The van der Waals surface area contributed by atoms with Crippen LogP contribution in [-0.4, -0.2) is 41.1 Å². The van der Waals surface area contributed by atoms with Crippen LogP contribution in [0, 0.1) is 0 Å². The van der Waals surface area contributed by atoms with Gasteiger partial charge in [0.15, 0.2) is 0 Å². The smallest absolute Gasteiger partial charge is 0.338 e. The molecule has 3 aromatic carbocycles. The minimum Gasteiger partial charge on any atom is -0.478 e. The van der Waals surface area contributed by atoms with E-state index in [2.05, 4.69) is 10.6 Å². The first-order valence-electron chi connectivity index (χ1n) is 9.47. The molecule has 0 unspecified atom stereocenters. The number of nitrogens with one attached hydrogen (secondary N) is 2.